The van der Waals surface area contributed by atoms with Crippen LogP contribution in [0.1, 0.15) is 30.9 Å². The van der Waals surface area contributed by atoms with E-state index in [0.29, 0.717) is 5.92 Å². The Hall–Kier alpha value is -1.55. The maximum Gasteiger partial charge on any atom is 0.216 e. The fraction of sp³-hybridized carbons (Fsp3) is 0.588. The van der Waals surface area contributed by atoms with E-state index in [-0.39, 0.29) is 5.91 Å². The highest BCUT2D eigenvalue weighted by molar-refractivity contribution is 5.72. The number of benzene rings is 1. The van der Waals surface area contributed by atoms with Crippen LogP contribution in [0.5, 0.6) is 0 Å². The molecule has 0 bridgehead atoms. The molecule has 0 atom stereocenters. The van der Waals surface area contributed by atoms with Crippen molar-refractivity contribution in [3.05, 3.63) is 29.3 Å². The number of rotatable bonds is 5. The van der Waals surface area contributed by atoms with E-state index < -0.39 is 0 Å². The molecule has 1 saturated heterocycles. The summed E-state index contributed by atoms with van der Waals surface area (Å²) in [6.45, 7) is 7.60. The first-order chi connectivity index (χ1) is 10.1. The molecule has 21 heavy (non-hydrogen) atoms. The van der Waals surface area contributed by atoms with Crippen molar-refractivity contribution in [2.75, 3.05) is 31.6 Å². The predicted octanol–water partition coefficient (Wildman–Crippen LogP) is 2.07. The molecule has 1 aliphatic heterocycles. The molecule has 0 saturated carbocycles. The molecule has 0 radical (unpaired) electrons. The Morgan fingerprint density at radius 3 is 2.67 bits per heavy atom. The van der Waals surface area contributed by atoms with E-state index in [1.807, 2.05) is 7.05 Å². The minimum atomic E-state index is 0.0762. The molecule has 1 aromatic carbocycles. The number of piperidine rings is 1. The lowest BCUT2D eigenvalue weighted by Crippen LogP contribution is -2.38. The normalized spacial score (nSPS) is 16.0. The fourth-order valence-electron chi connectivity index (χ4n) is 3.02. The van der Waals surface area contributed by atoms with Crippen LogP contribution in [0.15, 0.2) is 18.2 Å². The summed E-state index contributed by atoms with van der Waals surface area (Å²) in [5.41, 5.74) is 4.04. The number of aryl methyl sites for hydroxylation is 1. The monoisotopic (exact) mass is 289 g/mol. The van der Waals surface area contributed by atoms with Gasteiger partial charge in [0.15, 0.2) is 0 Å². The predicted molar refractivity (Wildman–Crippen MR) is 87.6 cm³/mol. The Balaban J connectivity index is 1.97. The molecule has 0 aromatic heterocycles. The van der Waals surface area contributed by atoms with Crippen LogP contribution in [0.3, 0.4) is 0 Å². The summed E-state index contributed by atoms with van der Waals surface area (Å²) < 4.78 is 0. The van der Waals surface area contributed by atoms with Gasteiger partial charge in [-0.05, 0) is 44.4 Å². The summed E-state index contributed by atoms with van der Waals surface area (Å²) in [6.07, 6.45) is 2.29. The lowest BCUT2D eigenvalue weighted by Gasteiger charge is -2.35. The number of anilines is 1. The van der Waals surface area contributed by atoms with Gasteiger partial charge in [0.2, 0.25) is 5.91 Å². The smallest absolute Gasteiger partial charge is 0.216 e. The average Bonchev–Trinajstić information content (AvgIpc) is 2.46. The van der Waals surface area contributed by atoms with Crippen molar-refractivity contribution in [3.63, 3.8) is 0 Å². The first-order valence-corrected chi connectivity index (χ1v) is 7.83. The number of carbonyl (C=O) groups is 1. The number of hydrogen-bond acceptors (Lipinski definition) is 3. The van der Waals surface area contributed by atoms with Crippen LogP contribution in [0.2, 0.25) is 0 Å². The maximum atomic E-state index is 11.0. The van der Waals surface area contributed by atoms with Gasteiger partial charge in [-0.15, -0.1) is 0 Å². The van der Waals surface area contributed by atoms with Crippen molar-refractivity contribution in [3.8, 4) is 0 Å². The molecule has 0 unspecified atom stereocenters. The summed E-state index contributed by atoms with van der Waals surface area (Å²) in [5, 5.41) is 6.20. The van der Waals surface area contributed by atoms with E-state index in [9.17, 15) is 4.79 Å². The minimum absolute atomic E-state index is 0.0762. The topological polar surface area (TPSA) is 44.4 Å². The number of carbonyl (C=O) groups excluding carboxylic acids is 1. The second-order valence-electron chi connectivity index (χ2n) is 6.03. The summed E-state index contributed by atoms with van der Waals surface area (Å²) in [4.78, 5) is 13.5. The van der Waals surface area contributed by atoms with Crippen molar-refractivity contribution in [2.24, 2.45) is 5.92 Å². The SMILES string of the molecule is CNCc1cc(C)ccc1N1CCC(CNC(C)=O)CC1. The number of amides is 1. The molecule has 0 spiro atoms. The van der Waals surface area contributed by atoms with Crippen molar-refractivity contribution < 1.29 is 4.79 Å². The molecule has 4 nitrogen and oxygen atoms in total. The van der Waals surface area contributed by atoms with Gasteiger partial charge in [0.1, 0.15) is 0 Å². The Morgan fingerprint density at radius 1 is 1.33 bits per heavy atom. The van der Waals surface area contributed by atoms with E-state index >= 15 is 0 Å². The highest BCUT2D eigenvalue weighted by Crippen LogP contribution is 2.27. The third-order valence-corrected chi connectivity index (χ3v) is 4.20. The van der Waals surface area contributed by atoms with Crippen LogP contribution in [-0.4, -0.2) is 32.6 Å². The quantitative estimate of drug-likeness (QED) is 0.872. The van der Waals surface area contributed by atoms with Crippen LogP contribution < -0.4 is 15.5 Å². The van der Waals surface area contributed by atoms with Gasteiger partial charge >= 0.3 is 0 Å². The molecule has 0 aliphatic carbocycles. The molecular weight excluding hydrogens is 262 g/mol. The van der Waals surface area contributed by atoms with Gasteiger partial charge in [0, 0.05) is 38.8 Å². The maximum absolute atomic E-state index is 11.0. The van der Waals surface area contributed by atoms with Crippen LogP contribution in [-0.2, 0) is 11.3 Å². The summed E-state index contributed by atoms with van der Waals surface area (Å²) in [7, 11) is 1.99. The lowest BCUT2D eigenvalue weighted by atomic mass is 9.95. The van der Waals surface area contributed by atoms with Gasteiger partial charge in [0.05, 0.1) is 0 Å². The molecule has 1 aromatic rings. The first-order valence-electron chi connectivity index (χ1n) is 7.83. The Morgan fingerprint density at radius 2 is 2.05 bits per heavy atom. The van der Waals surface area contributed by atoms with E-state index in [1.54, 1.807) is 6.92 Å². The lowest BCUT2D eigenvalue weighted by molar-refractivity contribution is -0.119. The van der Waals surface area contributed by atoms with E-state index in [1.165, 1.54) is 16.8 Å². The summed E-state index contributed by atoms with van der Waals surface area (Å²) in [5.74, 6) is 0.690. The Labute approximate surface area is 127 Å². The molecule has 1 aliphatic rings. The fourth-order valence-corrected chi connectivity index (χ4v) is 3.02. The van der Waals surface area contributed by atoms with Gasteiger partial charge in [-0.1, -0.05) is 17.7 Å². The third kappa shape index (κ3) is 4.46. The van der Waals surface area contributed by atoms with E-state index in [4.69, 9.17) is 0 Å². The molecule has 2 rings (SSSR count). The molecule has 1 fully saturated rings. The van der Waals surface area contributed by atoms with Crippen molar-refractivity contribution in [2.45, 2.75) is 33.2 Å². The summed E-state index contributed by atoms with van der Waals surface area (Å²) >= 11 is 0. The number of nitrogens with zero attached hydrogens (tertiary/aromatic N) is 1. The van der Waals surface area contributed by atoms with Gasteiger partial charge in [-0.25, -0.2) is 0 Å². The van der Waals surface area contributed by atoms with Crippen LogP contribution in [0.4, 0.5) is 5.69 Å². The van der Waals surface area contributed by atoms with Gasteiger partial charge in [-0.2, -0.15) is 0 Å². The zero-order chi connectivity index (χ0) is 15.2. The van der Waals surface area contributed by atoms with Crippen LogP contribution in [0, 0.1) is 12.8 Å². The standard InChI is InChI=1S/C17H27N3O/c1-13-4-5-17(16(10-13)12-18-3)20-8-6-15(7-9-20)11-19-14(2)21/h4-5,10,15,18H,6-9,11-12H2,1-3H3,(H,19,21). The number of hydrogen-bond donors (Lipinski definition) is 2. The average molecular weight is 289 g/mol. The van der Waals surface area contributed by atoms with Crippen LogP contribution >= 0.6 is 0 Å². The van der Waals surface area contributed by atoms with E-state index in [2.05, 4.69) is 40.7 Å². The summed E-state index contributed by atoms with van der Waals surface area (Å²) in [6, 6.07) is 6.71. The Bertz CT molecular complexity index is 479. The second-order valence-corrected chi connectivity index (χ2v) is 6.03. The molecule has 4 heteroatoms. The first kappa shape index (κ1) is 15.8. The second kappa shape index (κ2) is 7.46. The minimum Gasteiger partial charge on any atom is -0.371 e. The van der Waals surface area contributed by atoms with Crippen molar-refractivity contribution in [1.82, 2.24) is 10.6 Å². The van der Waals surface area contributed by atoms with Crippen LogP contribution in [0.25, 0.3) is 0 Å². The van der Waals surface area contributed by atoms with Gasteiger partial charge in [0.25, 0.3) is 0 Å². The molecule has 2 N–H and O–H groups in total. The molecule has 1 heterocycles. The van der Waals surface area contributed by atoms with E-state index in [0.717, 1.165) is 39.0 Å². The van der Waals surface area contributed by atoms with Gasteiger partial charge < -0.3 is 15.5 Å². The highest BCUT2D eigenvalue weighted by atomic mass is 16.1. The molecule has 116 valence electrons. The molecule has 1 amide bonds. The molecular formula is C17H27N3O. The van der Waals surface area contributed by atoms with Crippen molar-refractivity contribution in [1.29, 1.82) is 0 Å². The highest BCUT2D eigenvalue weighted by Gasteiger charge is 2.21. The largest absolute Gasteiger partial charge is 0.371 e. The zero-order valence-corrected chi connectivity index (χ0v) is 13.4. The zero-order valence-electron chi connectivity index (χ0n) is 13.4. The Kier molecular flexibility index (Phi) is 5.62. The third-order valence-electron chi connectivity index (χ3n) is 4.20. The van der Waals surface area contributed by atoms with Crippen molar-refractivity contribution >= 4 is 11.6 Å². The van der Waals surface area contributed by atoms with Gasteiger partial charge in [-0.3, -0.25) is 4.79 Å². The number of nitrogens with one attached hydrogen (secondary N) is 2.